The average molecular weight is 867 g/mol. The van der Waals surface area contributed by atoms with Crippen molar-refractivity contribution in [1.29, 1.82) is 0 Å². The number of rotatable bonds is 4. The first kappa shape index (κ1) is 41.1. The molecular weight excluding hydrogens is 818 g/mol. The summed E-state index contributed by atoms with van der Waals surface area (Å²) >= 11 is 0. The highest BCUT2D eigenvalue weighted by Gasteiger charge is 2.46. The van der Waals surface area contributed by atoms with Crippen molar-refractivity contribution >= 4 is 39.7 Å². The van der Waals surface area contributed by atoms with E-state index in [1.807, 2.05) is 23.3 Å². The minimum atomic E-state index is -1.03. The standard InChI is InChI=1S/C42H43F3N12O4.C2H6/c1-22-48-34-13-24(44)11-30-33-7-9-46-42(49-33)61-29-15-36(40(59)52(2)18-28(58)19-54(22)37(30)34)55(20-29)38-31-16-47-57(35-6-3-23(43)12-32(35)45)39(31)51-41(50-38)56-26-8-10-60-21-53(25-4-5-25)17-27(56)14-26;1-2/h3,6-7,9,11-13,16,25-29,36,58H,4-5,8,10,14-15,17-21H2,1-2H3;1-2H3/t26-,27-,28-,29-,36-;/m0./s1. The summed E-state index contributed by atoms with van der Waals surface area (Å²) in [4.78, 5) is 46.7. The number of ether oxygens (including phenoxy) is 2. The Hall–Kier alpha value is -5.92. The van der Waals surface area contributed by atoms with Crippen molar-refractivity contribution in [3.8, 4) is 23.0 Å². The zero-order valence-corrected chi connectivity index (χ0v) is 35.5. The van der Waals surface area contributed by atoms with Gasteiger partial charge in [-0.1, -0.05) is 13.8 Å². The molecule has 1 saturated carbocycles. The summed E-state index contributed by atoms with van der Waals surface area (Å²) in [5, 5.41) is 16.6. The lowest BCUT2D eigenvalue weighted by Crippen LogP contribution is -2.60. The first-order valence-electron chi connectivity index (χ1n) is 21.7. The Kier molecular flexibility index (Phi) is 10.7. The van der Waals surface area contributed by atoms with Gasteiger partial charge in [-0.25, -0.2) is 27.8 Å². The molecule has 1 N–H and O–H groups in total. The van der Waals surface area contributed by atoms with Crippen LogP contribution in [0.25, 0.3) is 39.0 Å². The smallest absolute Gasteiger partial charge is 0.317 e. The van der Waals surface area contributed by atoms with Crippen molar-refractivity contribution in [1.82, 2.24) is 49.1 Å². The van der Waals surface area contributed by atoms with E-state index in [2.05, 4.69) is 24.9 Å². The summed E-state index contributed by atoms with van der Waals surface area (Å²) in [7, 11) is 1.64. The van der Waals surface area contributed by atoms with Crippen LogP contribution in [0.15, 0.2) is 48.8 Å². The van der Waals surface area contributed by atoms with Crippen molar-refractivity contribution in [2.45, 2.75) is 95.8 Å². The SMILES string of the molecule is CC.Cc1nc2cc(F)cc3c2n1C[C@@H](O)CN(C)C(=O)[C@@H]1C[C@@H](CN1c1nc(N2[C@H]4CCOCN(C5CC5)C[C@@H]2C4)nc2c1cnn2-c1ccc(F)cc1F)Oc1nccc-3n1. The van der Waals surface area contributed by atoms with Crippen molar-refractivity contribution in [3.05, 3.63) is 72.1 Å². The second-order valence-corrected chi connectivity index (χ2v) is 16.8. The molecule has 9 heterocycles. The van der Waals surface area contributed by atoms with Gasteiger partial charge < -0.3 is 33.8 Å². The minimum Gasteiger partial charge on any atom is -0.458 e. The van der Waals surface area contributed by atoms with E-state index in [0.29, 0.717) is 64.6 Å². The highest BCUT2D eigenvalue weighted by molar-refractivity contribution is 5.94. The molecule has 0 spiro atoms. The molecule has 12 rings (SSSR count). The van der Waals surface area contributed by atoms with Gasteiger partial charge in [0.2, 0.25) is 11.9 Å². The summed E-state index contributed by atoms with van der Waals surface area (Å²) in [5.74, 6) is -0.987. The van der Waals surface area contributed by atoms with E-state index in [1.165, 1.54) is 46.2 Å². The second kappa shape index (κ2) is 16.3. The zero-order valence-electron chi connectivity index (χ0n) is 35.5. The number of likely N-dealkylation sites (N-methyl/N-ethyl adjacent to an activating group) is 1. The average Bonchev–Trinajstić information content (AvgIpc) is 3.70. The van der Waals surface area contributed by atoms with Crippen LogP contribution in [0.4, 0.5) is 24.9 Å². The summed E-state index contributed by atoms with van der Waals surface area (Å²) < 4.78 is 60.5. The first-order valence-corrected chi connectivity index (χ1v) is 21.7. The zero-order chi connectivity index (χ0) is 43.7. The molecular formula is C44H49F3N12O4. The van der Waals surface area contributed by atoms with E-state index in [-0.39, 0.29) is 61.4 Å². The lowest BCUT2D eigenvalue weighted by atomic mass is 9.90. The van der Waals surface area contributed by atoms with Crippen molar-refractivity contribution < 1.29 is 32.5 Å². The minimum absolute atomic E-state index is 0.00393. The summed E-state index contributed by atoms with van der Waals surface area (Å²) in [5.41, 5.74) is 2.13. The molecule has 4 aromatic heterocycles. The number of β-amino-alcohol motifs (C(OH)–C–C–N with tert-alkyl or cyclic N) is 1. The van der Waals surface area contributed by atoms with Gasteiger partial charge in [-0.2, -0.15) is 20.1 Å². The number of hydrogen-bond acceptors (Lipinski definition) is 13. The molecule has 2 aromatic carbocycles. The normalized spacial score (nSPS) is 24.2. The maximum atomic E-state index is 15.5. The molecule has 330 valence electrons. The van der Waals surface area contributed by atoms with E-state index in [9.17, 15) is 14.3 Å². The van der Waals surface area contributed by atoms with Gasteiger partial charge in [0.05, 0.1) is 60.8 Å². The highest BCUT2D eigenvalue weighted by Crippen LogP contribution is 2.41. The predicted octanol–water partition coefficient (Wildman–Crippen LogP) is 5.02. The van der Waals surface area contributed by atoms with Crippen LogP contribution in [-0.2, 0) is 16.1 Å². The van der Waals surface area contributed by atoms with Gasteiger partial charge in [0, 0.05) is 68.6 Å². The number of aromatic nitrogens is 8. The summed E-state index contributed by atoms with van der Waals surface area (Å²) in [6.07, 6.45) is 5.54. The molecule has 1 aliphatic carbocycles. The molecule has 1 amide bonds. The molecule has 5 fully saturated rings. The van der Waals surface area contributed by atoms with E-state index >= 15 is 8.78 Å². The quantitative estimate of drug-likeness (QED) is 0.252. The van der Waals surface area contributed by atoms with Crippen LogP contribution in [0.5, 0.6) is 6.01 Å². The molecule has 16 nitrogen and oxygen atoms in total. The molecule has 6 bridgehead atoms. The Morgan fingerprint density at radius 3 is 2.52 bits per heavy atom. The number of nitrogens with zero attached hydrogens (tertiary/aromatic N) is 12. The first-order chi connectivity index (χ1) is 30.6. The largest absolute Gasteiger partial charge is 0.458 e. The second-order valence-electron chi connectivity index (χ2n) is 16.8. The number of aliphatic hydroxyl groups is 1. The van der Waals surface area contributed by atoms with E-state index in [0.717, 1.165) is 38.3 Å². The van der Waals surface area contributed by atoms with E-state index in [4.69, 9.17) is 24.4 Å². The fourth-order valence-corrected chi connectivity index (χ4v) is 9.66. The molecule has 6 aromatic rings. The van der Waals surface area contributed by atoms with Crippen molar-refractivity contribution in [3.63, 3.8) is 0 Å². The number of amides is 1. The van der Waals surface area contributed by atoms with Gasteiger partial charge in [0.25, 0.3) is 0 Å². The Balaban J connectivity index is 0.00000232. The molecule has 0 unspecified atom stereocenters. The van der Waals surface area contributed by atoms with Crippen LogP contribution in [0, 0.1) is 24.4 Å². The summed E-state index contributed by atoms with van der Waals surface area (Å²) in [6.45, 7) is 7.88. The van der Waals surface area contributed by atoms with Gasteiger partial charge in [-0.05, 0) is 56.9 Å². The molecule has 6 aliphatic rings. The third-order valence-electron chi connectivity index (χ3n) is 12.7. The number of carbonyl (C=O) groups excluding carboxylic acids is 1. The number of imidazole rings is 1. The van der Waals surface area contributed by atoms with Crippen molar-refractivity contribution in [2.24, 2.45) is 0 Å². The van der Waals surface area contributed by atoms with Gasteiger partial charge in [-0.15, -0.1) is 0 Å². The number of anilines is 2. The van der Waals surface area contributed by atoms with Gasteiger partial charge in [0.1, 0.15) is 41.1 Å². The van der Waals surface area contributed by atoms with Gasteiger partial charge >= 0.3 is 6.01 Å². The van der Waals surface area contributed by atoms with E-state index < -0.39 is 35.7 Å². The monoisotopic (exact) mass is 866 g/mol. The van der Waals surface area contributed by atoms with Crippen molar-refractivity contribution in [2.75, 3.05) is 49.8 Å². The molecule has 5 atom stereocenters. The van der Waals surface area contributed by atoms with Crippen LogP contribution in [0.1, 0.15) is 51.8 Å². The fraction of sp³-hybridized carbons (Fsp3) is 0.477. The molecule has 4 saturated heterocycles. The van der Waals surface area contributed by atoms with Crippen LogP contribution >= 0.6 is 0 Å². The number of fused-ring (bicyclic) bond motifs is 11. The summed E-state index contributed by atoms with van der Waals surface area (Å²) in [6, 6.07) is 7.50. The number of benzene rings is 2. The lowest BCUT2D eigenvalue weighted by Gasteiger charge is -2.49. The maximum absolute atomic E-state index is 15.5. The Morgan fingerprint density at radius 2 is 1.71 bits per heavy atom. The maximum Gasteiger partial charge on any atom is 0.317 e. The Bertz CT molecular complexity index is 2710. The van der Waals surface area contributed by atoms with Crippen LogP contribution in [-0.4, -0.2) is 136 Å². The number of aryl methyl sites for hydroxylation is 1. The third kappa shape index (κ3) is 7.48. The highest BCUT2D eigenvalue weighted by atomic mass is 19.1. The van der Waals surface area contributed by atoms with Gasteiger partial charge in [0.15, 0.2) is 11.5 Å². The Morgan fingerprint density at radius 1 is 0.873 bits per heavy atom. The number of carbonyl (C=O) groups is 1. The topological polar surface area (TPSA) is 156 Å². The number of halogens is 3. The molecule has 63 heavy (non-hydrogen) atoms. The van der Waals surface area contributed by atoms with Crippen LogP contribution in [0.2, 0.25) is 0 Å². The van der Waals surface area contributed by atoms with Crippen LogP contribution in [0.3, 0.4) is 0 Å². The number of aliphatic hydroxyl groups excluding tert-OH is 1. The molecule has 0 radical (unpaired) electrons. The third-order valence-corrected chi connectivity index (χ3v) is 12.7. The molecule has 19 heteroatoms. The predicted molar refractivity (Wildman–Crippen MR) is 227 cm³/mol. The molecule has 5 aliphatic heterocycles. The van der Waals surface area contributed by atoms with Crippen LogP contribution < -0.4 is 14.5 Å². The fourth-order valence-electron chi connectivity index (χ4n) is 9.66. The van der Waals surface area contributed by atoms with E-state index in [1.54, 1.807) is 20.0 Å². The Labute approximate surface area is 361 Å². The van der Waals surface area contributed by atoms with Gasteiger partial charge in [-0.3, -0.25) is 9.69 Å². The lowest BCUT2D eigenvalue weighted by molar-refractivity contribution is -0.132. The number of hydrogen-bond donors (Lipinski definition) is 1.